The van der Waals surface area contributed by atoms with E-state index in [9.17, 15) is 4.79 Å². The molecule has 0 amide bonds. The summed E-state index contributed by atoms with van der Waals surface area (Å²) in [7, 11) is 2.90. The summed E-state index contributed by atoms with van der Waals surface area (Å²) in [6, 6.07) is 0. The Morgan fingerprint density at radius 2 is 2.00 bits per heavy atom. The topological polar surface area (TPSA) is 26.3 Å². The summed E-state index contributed by atoms with van der Waals surface area (Å²) >= 11 is 0. The van der Waals surface area contributed by atoms with Crippen LogP contribution in [0.4, 0.5) is 0 Å². The molecule has 0 bridgehead atoms. The molecule has 0 saturated carbocycles. The molecule has 0 aliphatic heterocycles. The molecule has 0 spiro atoms. The Bertz CT molecular complexity index is 103. The van der Waals surface area contributed by atoms with Crippen LogP contribution in [0.2, 0.25) is 0 Å². The van der Waals surface area contributed by atoms with Gasteiger partial charge in [0.25, 0.3) is 0 Å². The molecule has 0 N–H and O–H groups in total. The first kappa shape index (κ1) is 16.2. The minimum atomic E-state index is -0.458. The van der Waals surface area contributed by atoms with Gasteiger partial charge in [0.1, 0.15) is 0 Å². The number of esters is 1. The zero-order chi connectivity index (χ0) is 5.86. The Labute approximate surface area is 81.2 Å². The zero-order valence-electron chi connectivity index (χ0n) is 5.09. The molecule has 0 aromatic rings. The van der Waals surface area contributed by atoms with Crippen molar-refractivity contribution in [1.29, 1.82) is 0 Å². The summed E-state index contributed by atoms with van der Waals surface area (Å²) < 4.78 is 4.02. The second-order valence-corrected chi connectivity index (χ2v) is 1.21. The van der Waals surface area contributed by atoms with Crippen LogP contribution in [0.15, 0.2) is 12.2 Å². The second kappa shape index (κ2) is 8.48. The van der Waals surface area contributed by atoms with Gasteiger partial charge >= 0.3 is 5.97 Å². The van der Waals surface area contributed by atoms with Crippen molar-refractivity contribution in [3.8, 4) is 0 Å². The summed E-state index contributed by atoms with van der Waals surface area (Å²) in [6.07, 6.45) is 0. The van der Waals surface area contributed by atoms with Gasteiger partial charge in [-0.1, -0.05) is 6.58 Å². The maximum absolute atomic E-state index is 10.1. The normalized spacial score (nSPS) is 6.00. The molecule has 2 nitrogen and oxygen atoms in total. The first-order chi connectivity index (χ1) is 3.18. The average molecular weight is 334 g/mol. The third-order valence-corrected chi connectivity index (χ3v) is 0.480. The summed E-state index contributed by atoms with van der Waals surface area (Å²) in [5.74, 6) is -0.458. The molecule has 0 atom stereocenters. The maximum Gasteiger partial charge on any atom is 0.301 e. The fourth-order valence-electron chi connectivity index (χ4n) is 0.123. The van der Waals surface area contributed by atoms with Crippen LogP contribution < -0.4 is 0 Å². The maximum atomic E-state index is 10.1. The Morgan fingerprint density at radius 1 is 1.67 bits per heavy atom. The van der Waals surface area contributed by atoms with Gasteiger partial charge in [-0.2, -0.15) is 7.11 Å². The fourth-order valence-corrected chi connectivity index (χ4v) is 0.123. The summed E-state index contributed by atoms with van der Waals surface area (Å²) in [5, 5.41) is 0. The molecule has 4 heteroatoms. The Kier molecular flexibility index (Phi) is 15.3. The van der Waals surface area contributed by atoms with Gasteiger partial charge in [0, 0.05) is 45.2 Å². The standard InChI is InChI=1S/C5H7O2.V.W/c1-4(2)5(6)7-3;;/h1,3H2,2H3;;/q-1;;. The average Bonchev–Trinajstić information content (AvgIpc) is 1.65. The molecule has 0 aromatic heterocycles. The number of ether oxygens (including phenoxy) is 1. The van der Waals surface area contributed by atoms with Crippen LogP contribution in [0.3, 0.4) is 0 Å². The third kappa shape index (κ3) is 8.48. The number of rotatable bonds is 1. The quantitative estimate of drug-likeness (QED) is 0.405. The molecule has 0 rings (SSSR count). The van der Waals surface area contributed by atoms with Crippen molar-refractivity contribution in [2.24, 2.45) is 0 Å². The van der Waals surface area contributed by atoms with Crippen molar-refractivity contribution < 1.29 is 49.2 Å². The minimum Gasteiger partial charge on any atom is -0.637 e. The molecule has 1 radical (unpaired) electrons. The van der Waals surface area contributed by atoms with E-state index in [4.69, 9.17) is 0 Å². The molecule has 0 aliphatic rings. The number of hydrogen-bond acceptors (Lipinski definition) is 2. The number of carbonyl (C=O) groups is 1. The van der Waals surface area contributed by atoms with E-state index in [-0.39, 0.29) is 39.6 Å². The van der Waals surface area contributed by atoms with E-state index in [0.717, 1.165) is 0 Å². The van der Waals surface area contributed by atoms with Crippen molar-refractivity contribution in [2.75, 3.05) is 0 Å². The van der Waals surface area contributed by atoms with E-state index < -0.39 is 5.97 Å². The molecule has 0 aromatic carbocycles. The van der Waals surface area contributed by atoms with Gasteiger partial charge in [-0.05, 0) is 6.92 Å². The zero-order valence-corrected chi connectivity index (χ0v) is 9.42. The van der Waals surface area contributed by atoms with Crippen molar-refractivity contribution in [1.82, 2.24) is 0 Å². The van der Waals surface area contributed by atoms with Gasteiger partial charge < -0.3 is 4.74 Å². The molecule has 0 aliphatic carbocycles. The monoisotopic (exact) mass is 334 g/mol. The SMILES string of the molecule is C=C(C)C(=O)O[CH2-].[V].[W]. The van der Waals surface area contributed by atoms with Crippen LogP contribution >= 0.6 is 0 Å². The van der Waals surface area contributed by atoms with Crippen molar-refractivity contribution in [3.05, 3.63) is 19.3 Å². The van der Waals surface area contributed by atoms with E-state index in [0.29, 0.717) is 5.57 Å². The van der Waals surface area contributed by atoms with Crippen LogP contribution in [-0.4, -0.2) is 5.97 Å². The first-order valence-electron chi connectivity index (χ1n) is 1.80. The molecule has 51 valence electrons. The Morgan fingerprint density at radius 3 is 2.00 bits per heavy atom. The Balaban J connectivity index is -0.000000180. The molecule has 0 heterocycles. The van der Waals surface area contributed by atoms with Gasteiger partial charge in [0.05, 0.1) is 0 Å². The smallest absolute Gasteiger partial charge is 0.301 e. The molecular formula is C5H7O2VW-. The van der Waals surface area contributed by atoms with Gasteiger partial charge in [-0.25, -0.2) is 4.79 Å². The van der Waals surface area contributed by atoms with E-state index >= 15 is 0 Å². The fraction of sp³-hybridized carbons (Fsp3) is 0.200. The molecule has 0 saturated heterocycles. The van der Waals surface area contributed by atoms with Gasteiger partial charge in [0.2, 0.25) is 0 Å². The third-order valence-electron chi connectivity index (χ3n) is 0.480. The van der Waals surface area contributed by atoms with E-state index in [2.05, 4.69) is 18.4 Å². The second-order valence-electron chi connectivity index (χ2n) is 1.21. The first-order valence-corrected chi connectivity index (χ1v) is 1.80. The summed E-state index contributed by atoms with van der Waals surface area (Å²) in [4.78, 5) is 10.1. The van der Waals surface area contributed by atoms with E-state index in [1.807, 2.05) is 0 Å². The van der Waals surface area contributed by atoms with Crippen molar-refractivity contribution in [3.63, 3.8) is 0 Å². The number of hydrogen-bond donors (Lipinski definition) is 0. The predicted octanol–water partition coefficient (Wildman–Crippen LogP) is 0.892. The van der Waals surface area contributed by atoms with Gasteiger partial charge in [-0.15, -0.1) is 0 Å². The minimum absolute atomic E-state index is 0. The summed E-state index contributed by atoms with van der Waals surface area (Å²) in [5.41, 5.74) is 0.370. The predicted molar refractivity (Wildman–Crippen MR) is 26.3 cm³/mol. The van der Waals surface area contributed by atoms with Crippen LogP contribution in [0.5, 0.6) is 0 Å². The van der Waals surface area contributed by atoms with Gasteiger partial charge in [-0.3, -0.25) is 0 Å². The molecular weight excluding hydrogens is 327 g/mol. The molecule has 0 fully saturated rings. The van der Waals surface area contributed by atoms with Crippen molar-refractivity contribution in [2.45, 2.75) is 6.92 Å². The molecule has 0 unspecified atom stereocenters. The van der Waals surface area contributed by atoms with Crippen LogP contribution in [-0.2, 0) is 49.2 Å². The van der Waals surface area contributed by atoms with Crippen LogP contribution in [0, 0.1) is 7.11 Å². The van der Waals surface area contributed by atoms with Crippen LogP contribution in [0.1, 0.15) is 6.92 Å². The van der Waals surface area contributed by atoms with E-state index in [1.54, 1.807) is 6.92 Å². The van der Waals surface area contributed by atoms with Crippen LogP contribution in [0.25, 0.3) is 0 Å². The largest absolute Gasteiger partial charge is 0.637 e. The summed E-state index contributed by atoms with van der Waals surface area (Å²) in [6.45, 7) is 4.87. The number of carbonyl (C=O) groups excluding carboxylic acids is 1. The molecule has 9 heavy (non-hydrogen) atoms. The van der Waals surface area contributed by atoms with Gasteiger partial charge in [0.15, 0.2) is 0 Å². The van der Waals surface area contributed by atoms with Crippen molar-refractivity contribution >= 4 is 5.97 Å². The van der Waals surface area contributed by atoms with E-state index in [1.165, 1.54) is 0 Å². The Hall–Kier alpha value is 0.483.